The zero-order valence-corrected chi connectivity index (χ0v) is 15.0. The van der Waals surface area contributed by atoms with E-state index in [2.05, 4.69) is 22.0 Å². The van der Waals surface area contributed by atoms with Gasteiger partial charge in [-0.05, 0) is 71.0 Å². The van der Waals surface area contributed by atoms with E-state index in [9.17, 15) is 4.79 Å². The second-order valence-corrected chi connectivity index (χ2v) is 7.23. The lowest BCUT2D eigenvalue weighted by Crippen LogP contribution is -2.52. The van der Waals surface area contributed by atoms with Gasteiger partial charge in [0, 0.05) is 19.1 Å². The average molecular weight is 325 g/mol. The summed E-state index contributed by atoms with van der Waals surface area (Å²) in [6, 6.07) is 0.375. The summed E-state index contributed by atoms with van der Waals surface area (Å²) in [6.45, 7) is 9.26. The number of likely N-dealkylation sites (tertiary alicyclic amines) is 2. The molecule has 2 N–H and O–H groups in total. The van der Waals surface area contributed by atoms with Gasteiger partial charge in [-0.1, -0.05) is 6.92 Å². The highest BCUT2D eigenvalue weighted by Gasteiger charge is 2.29. The van der Waals surface area contributed by atoms with Crippen LogP contribution >= 0.6 is 0 Å². The number of aliphatic hydroxyl groups is 1. The van der Waals surface area contributed by atoms with E-state index in [-0.39, 0.29) is 18.6 Å². The highest BCUT2D eigenvalue weighted by atomic mass is 16.3. The van der Waals surface area contributed by atoms with Crippen LogP contribution in [-0.2, 0) is 4.79 Å². The fourth-order valence-corrected chi connectivity index (χ4v) is 3.95. The topological polar surface area (TPSA) is 55.8 Å². The Balaban J connectivity index is 1.72. The molecular formula is C18H35N3O2. The van der Waals surface area contributed by atoms with E-state index in [0.717, 1.165) is 64.8 Å². The molecule has 0 aromatic carbocycles. The number of β-amino-alcohol motifs (C(OH)–C–C–N with tert-alkyl or cyclic N) is 1. The summed E-state index contributed by atoms with van der Waals surface area (Å²) in [4.78, 5) is 17.1. The molecule has 0 spiro atoms. The van der Waals surface area contributed by atoms with Crippen molar-refractivity contribution in [2.24, 2.45) is 5.92 Å². The zero-order valence-electron chi connectivity index (χ0n) is 15.0. The molecule has 0 aromatic heterocycles. The predicted octanol–water partition coefficient (Wildman–Crippen LogP) is 1.46. The minimum absolute atomic E-state index is 0.0716. The van der Waals surface area contributed by atoms with Gasteiger partial charge in [0.25, 0.3) is 0 Å². The SMILES string of the molecule is CC[C@@H]1CCCCN1C(=O)[C@@H](C)NCC1CCN(CCO)CC1. The molecule has 2 saturated heterocycles. The van der Waals surface area contributed by atoms with Crippen molar-refractivity contribution in [3.63, 3.8) is 0 Å². The van der Waals surface area contributed by atoms with Crippen molar-refractivity contribution < 1.29 is 9.90 Å². The molecule has 0 radical (unpaired) electrons. The Morgan fingerprint density at radius 3 is 2.61 bits per heavy atom. The quantitative estimate of drug-likeness (QED) is 0.744. The first-order valence-electron chi connectivity index (χ1n) is 9.52. The van der Waals surface area contributed by atoms with Crippen molar-refractivity contribution in [1.82, 2.24) is 15.1 Å². The third-order valence-corrected chi connectivity index (χ3v) is 5.59. The van der Waals surface area contributed by atoms with Crippen molar-refractivity contribution in [2.75, 3.05) is 39.3 Å². The Morgan fingerprint density at radius 1 is 1.22 bits per heavy atom. The lowest BCUT2D eigenvalue weighted by atomic mass is 9.96. The van der Waals surface area contributed by atoms with Crippen LogP contribution in [0, 0.1) is 5.92 Å². The molecule has 0 saturated carbocycles. The third kappa shape index (κ3) is 5.44. The molecule has 0 bridgehead atoms. The van der Waals surface area contributed by atoms with Crippen LogP contribution in [0.2, 0.25) is 0 Å². The standard InChI is InChI=1S/C18H35N3O2/c1-3-17-6-4-5-9-21(17)18(23)15(2)19-14-16-7-10-20(11-8-16)12-13-22/h15-17,19,22H,3-14H2,1-2H3/t15-,17-/m1/s1. The fourth-order valence-electron chi connectivity index (χ4n) is 3.95. The van der Waals surface area contributed by atoms with Crippen LogP contribution < -0.4 is 5.32 Å². The van der Waals surface area contributed by atoms with Gasteiger partial charge >= 0.3 is 0 Å². The third-order valence-electron chi connectivity index (χ3n) is 5.59. The molecular weight excluding hydrogens is 290 g/mol. The maximum absolute atomic E-state index is 12.7. The first-order valence-corrected chi connectivity index (χ1v) is 9.52. The highest BCUT2D eigenvalue weighted by molar-refractivity contribution is 5.81. The van der Waals surface area contributed by atoms with E-state index in [0.29, 0.717) is 12.0 Å². The first-order chi connectivity index (χ1) is 11.2. The number of piperidine rings is 2. The van der Waals surface area contributed by atoms with E-state index < -0.39 is 0 Å². The van der Waals surface area contributed by atoms with E-state index in [1.54, 1.807) is 0 Å². The number of carbonyl (C=O) groups is 1. The van der Waals surface area contributed by atoms with Crippen LogP contribution in [0.15, 0.2) is 0 Å². The molecule has 2 aliphatic heterocycles. The van der Waals surface area contributed by atoms with Gasteiger partial charge in [-0.2, -0.15) is 0 Å². The summed E-state index contributed by atoms with van der Waals surface area (Å²) in [5.74, 6) is 0.942. The minimum atomic E-state index is -0.0716. The fraction of sp³-hybridized carbons (Fsp3) is 0.944. The van der Waals surface area contributed by atoms with Gasteiger partial charge in [-0.25, -0.2) is 0 Å². The second kappa shape index (κ2) is 9.60. The lowest BCUT2D eigenvalue weighted by molar-refractivity contribution is -0.136. The molecule has 134 valence electrons. The molecule has 2 atom stereocenters. The number of nitrogens with zero attached hydrogens (tertiary/aromatic N) is 2. The molecule has 2 heterocycles. The maximum atomic E-state index is 12.7. The summed E-state index contributed by atoms with van der Waals surface area (Å²) >= 11 is 0. The van der Waals surface area contributed by atoms with Gasteiger partial charge in [0.2, 0.25) is 5.91 Å². The van der Waals surface area contributed by atoms with E-state index in [1.165, 1.54) is 6.42 Å². The van der Waals surface area contributed by atoms with Gasteiger partial charge in [0.05, 0.1) is 12.6 Å². The molecule has 2 rings (SSSR count). The molecule has 0 aromatic rings. The number of nitrogens with one attached hydrogen (secondary N) is 1. The molecule has 0 unspecified atom stereocenters. The monoisotopic (exact) mass is 325 g/mol. The van der Waals surface area contributed by atoms with Crippen molar-refractivity contribution in [3.05, 3.63) is 0 Å². The van der Waals surface area contributed by atoms with E-state index >= 15 is 0 Å². The van der Waals surface area contributed by atoms with Gasteiger partial charge in [-0.3, -0.25) is 4.79 Å². The first kappa shape index (κ1) is 18.7. The average Bonchev–Trinajstić information content (AvgIpc) is 2.60. The van der Waals surface area contributed by atoms with Gasteiger partial charge < -0.3 is 20.2 Å². The number of carbonyl (C=O) groups excluding carboxylic acids is 1. The Labute approximate surface area is 141 Å². The highest BCUT2D eigenvalue weighted by Crippen LogP contribution is 2.21. The van der Waals surface area contributed by atoms with Crippen LogP contribution in [0.1, 0.15) is 52.4 Å². The van der Waals surface area contributed by atoms with Gasteiger partial charge in [0.15, 0.2) is 0 Å². The van der Waals surface area contributed by atoms with Crippen LogP contribution in [-0.4, -0.2) is 72.2 Å². The summed E-state index contributed by atoms with van der Waals surface area (Å²) < 4.78 is 0. The van der Waals surface area contributed by atoms with Crippen LogP contribution in [0.4, 0.5) is 0 Å². The van der Waals surface area contributed by atoms with Crippen LogP contribution in [0.25, 0.3) is 0 Å². The minimum Gasteiger partial charge on any atom is -0.395 e. The Kier molecular flexibility index (Phi) is 7.80. The van der Waals surface area contributed by atoms with Crippen LogP contribution in [0.5, 0.6) is 0 Å². The van der Waals surface area contributed by atoms with E-state index in [4.69, 9.17) is 5.11 Å². The number of hydrogen-bond acceptors (Lipinski definition) is 4. The zero-order chi connectivity index (χ0) is 16.7. The smallest absolute Gasteiger partial charge is 0.239 e. The van der Waals surface area contributed by atoms with Crippen molar-refractivity contribution in [1.29, 1.82) is 0 Å². The van der Waals surface area contributed by atoms with Crippen molar-refractivity contribution in [3.8, 4) is 0 Å². The molecule has 23 heavy (non-hydrogen) atoms. The molecule has 0 aliphatic carbocycles. The normalized spacial score (nSPS) is 25.5. The summed E-state index contributed by atoms with van der Waals surface area (Å²) in [5.41, 5.74) is 0. The Hall–Kier alpha value is -0.650. The molecule has 2 fully saturated rings. The number of aliphatic hydroxyl groups excluding tert-OH is 1. The number of hydrogen-bond donors (Lipinski definition) is 2. The maximum Gasteiger partial charge on any atom is 0.239 e. The summed E-state index contributed by atoms with van der Waals surface area (Å²) in [5, 5.41) is 12.5. The number of amides is 1. The van der Waals surface area contributed by atoms with Crippen molar-refractivity contribution >= 4 is 5.91 Å². The van der Waals surface area contributed by atoms with Crippen LogP contribution in [0.3, 0.4) is 0 Å². The number of rotatable bonds is 7. The molecule has 5 nitrogen and oxygen atoms in total. The van der Waals surface area contributed by atoms with Gasteiger partial charge in [-0.15, -0.1) is 0 Å². The second-order valence-electron chi connectivity index (χ2n) is 7.23. The molecule has 1 amide bonds. The summed E-state index contributed by atoms with van der Waals surface area (Å²) in [7, 11) is 0. The van der Waals surface area contributed by atoms with E-state index in [1.807, 2.05) is 6.92 Å². The molecule has 2 aliphatic rings. The Morgan fingerprint density at radius 2 is 1.96 bits per heavy atom. The largest absolute Gasteiger partial charge is 0.395 e. The molecule has 5 heteroatoms. The predicted molar refractivity (Wildman–Crippen MR) is 93.4 cm³/mol. The summed E-state index contributed by atoms with van der Waals surface area (Å²) in [6.07, 6.45) is 6.97. The Bertz CT molecular complexity index is 356. The van der Waals surface area contributed by atoms with Gasteiger partial charge in [0.1, 0.15) is 0 Å². The van der Waals surface area contributed by atoms with Crippen molar-refractivity contribution in [2.45, 2.75) is 64.5 Å². The lowest BCUT2D eigenvalue weighted by Gasteiger charge is -2.37.